The molecule has 18 heavy (non-hydrogen) atoms. The number of hydrogen-bond donors (Lipinski definition) is 3. The molecular weight excluding hydrogens is 234 g/mol. The SMILES string of the molecule is CCOC(=O)C1(C)C(=O)Nc2cc(N)c(N)cc21. The summed E-state index contributed by atoms with van der Waals surface area (Å²) in [6.45, 7) is 3.41. The highest BCUT2D eigenvalue weighted by Gasteiger charge is 2.50. The van der Waals surface area contributed by atoms with E-state index in [1.807, 2.05) is 0 Å². The third-order valence-corrected chi connectivity index (χ3v) is 3.15. The molecule has 6 nitrogen and oxygen atoms in total. The first kappa shape index (κ1) is 12.2. The third kappa shape index (κ3) is 1.49. The molecule has 0 saturated carbocycles. The number of anilines is 3. The fourth-order valence-electron chi connectivity index (χ4n) is 2.00. The van der Waals surface area contributed by atoms with Gasteiger partial charge in [-0.3, -0.25) is 9.59 Å². The predicted molar refractivity (Wildman–Crippen MR) is 67.9 cm³/mol. The van der Waals surface area contributed by atoms with E-state index in [0.29, 0.717) is 22.6 Å². The highest BCUT2D eigenvalue weighted by atomic mass is 16.5. The molecule has 2 rings (SSSR count). The van der Waals surface area contributed by atoms with Gasteiger partial charge in [-0.1, -0.05) is 0 Å². The molecule has 0 spiro atoms. The highest BCUT2D eigenvalue weighted by Crippen LogP contribution is 2.41. The molecule has 1 aromatic carbocycles. The molecule has 1 heterocycles. The minimum atomic E-state index is -1.37. The number of hydrogen-bond acceptors (Lipinski definition) is 5. The lowest BCUT2D eigenvalue weighted by Gasteiger charge is -2.20. The Balaban J connectivity index is 2.56. The largest absolute Gasteiger partial charge is 0.465 e. The van der Waals surface area contributed by atoms with Crippen molar-refractivity contribution in [1.82, 2.24) is 0 Å². The van der Waals surface area contributed by atoms with Gasteiger partial charge in [-0.05, 0) is 26.0 Å². The van der Waals surface area contributed by atoms with Crippen LogP contribution < -0.4 is 16.8 Å². The van der Waals surface area contributed by atoms with Crippen LogP contribution in [0.2, 0.25) is 0 Å². The monoisotopic (exact) mass is 249 g/mol. The predicted octanol–water partition coefficient (Wildman–Crippen LogP) is 0.624. The zero-order chi connectivity index (χ0) is 13.5. The van der Waals surface area contributed by atoms with Gasteiger partial charge in [0.1, 0.15) is 0 Å². The summed E-state index contributed by atoms with van der Waals surface area (Å²) in [7, 11) is 0. The first-order valence-corrected chi connectivity index (χ1v) is 5.59. The second kappa shape index (κ2) is 3.90. The molecule has 0 aliphatic carbocycles. The van der Waals surface area contributed by atoms with Crippen molar-refractivity contribution in [1.29, 1.82) is 0 Å². The lowest BCUT2D eigenvalue weighted by molar-refractivity contribution is -0.152. The maximum absolute atomic E-state index is 12.0. The summed E-state index contributed by atoms with van der Waals surface area (Å²) in [6.07, 6.45) is 0. The molecular formula is C12H15N3O3. The highest BCUT2D eigenvalue weighted by molar-refractivity contribution is 6.19. The average Bonchev–Trinajstić information content (AvgIpc) is 2.55. The van der Waals surface area contributed by atoms with Crippen molar-refractivity contribution in [3.05, 3.63) is 17.7 Å². The van der Waals surface area contributed by atoms with E-state index in [4.69, 9.17) is 16.2 Å². The van der Waals surface area contributed by atoms with E-state index < -0.39 is 17.3 Å². The number of ether oxygens (including phenoxy) is 1. The fraction of sp³-hybridized carbons (Fsp3) is 0.333. The van der Waals surface area contributed by atoms with Gasteiger partial charge in [0.2, 0.25) is 5.91 Å². The quantitative estimate of drug-likeness (QED) is 0.404. The first-order chi connectivity index (χ1) is 8.41. The Morgan fingerprint density at radius 2 is 2.00 bits per heavy atom. The van der Waals surface area contributed by atoms with Crippen molar-refractivity contribution in [3.8, 4) is 0 Å². The normalized spacial score (nSPS) is 21.3. The lowest BCUT2D eigenvalue weighted by atomic mass is 9.83. The number of esters is 1. The van der Waals surface area contributed by atoms with E-state index in [2.05, 4.69) is 5.32 Å². The average molecular weight is 249 g/mol. The van der Waals surface area contributed by atoms with Crippen LogP contribution in [0.25, 0.3) is 0 Å². The van der Waals surface area contributed by atoms with Gasteiger partial charge in [-0.25, -0.2) is 0 Å². The van der Waals surface area contributed by atoms with Crippen molar-refractivity contribution < 1.29 is 14.3 Å². The van der Waals surface area contributed by atoms with Crippen molar-refractivity contribution in [2.24, 2.45) is 0 Å². The molecule has 0 saturated heterocycles. The van der Waals surface area contributed by atoms with Gasteiger partial charge in [0.05, 0.1) is 18.0 Å². The first-order valence-electron chi connectivity index (χ1n) is 5.59. The van der Waals surface area contributed by atoms with Crippen LogP contribution in [0, 0.1) is 0 Å². The number of rotatable bonds is 2. The molecule has 1 amide bonds. The van der Waals surface area contributed by atoms with Crippen LogP contribution in [0.1, 0.15) is 19.4 Å². The number of nitrogens with two attached hydrogens (primary N) is 2. The second-order valence-corrected chi connectivity index (χ2v) is 4.33. The van der Waals surface area contributed by atoms with Gasteiger partial charge >= 0.3 is 5.97 Å². The molecule has 6 heteroatoms. The Morgan fingerprint density at radius 3 is 2.61 bits per heavy atom. The zero-order valence-electron chi connectivity index (χ0n) is 10.2. The van der Waals surface area contributed by atoms with E-state index in [1.54, 1.807) is 19.1 Å². The maximum atomic E-state index is 12.0. The zero-order valence-corrected chi connectivity index (χ0v) is 10.2. The van der Waals surface area contributed by atoms with Gasteiger partial charge in [0, 0.05) is 11.3 Å². The van der Waals surface area contributed by atoms with Gasteiger partial charge in [-0.15, -0.1) is 0 Å². The van der Waals surface area contributed by atoms with E-state index in [-0.39, 0.29) is 6.61 Å². The Morgan fingerprint density at radius 1 is 1.39 bits per heavy atom. The van der Waals surface area contributed by atoms with Crippen LogP contribution >= 0.6 is 0 Å². The van der Waals surface area contributed by atoms with Crippen molar-refractivity contribution in [2.45, 2.75) is 19.3 Å². The van der Waals surface area contributed by atoms with Crippen LogP contribution in [0.5, 0.6) is 0 Å². The summed E-state index contributed by atoms with van der Waals surface area (Å²) in [6, 6.07) is 3.09. The van der Waals surface area contributed by atoms with Gasteiger partial charge in [0.15, 0.2) is 5.41 Å². The number of carbonyl (C=O) groups is 2. The number of benzene rings is 1. The number of amides is 1. The molecule has 1 aromatic rings. The van der Waals surface area contributed by atoms with Crippen LogP contribution in [0.4, 0.5) is 17.1 Å². The van der Waals surface area contributed by atoms with Crippen molar-refractivity contribution in [2.75, 3.05) is 23.4 Å². The van der Waals surface area contributed by atoms with Crippen molar-refractivity contribution in [3.63, 3.8) is 0 Å². The Labute approximate surface area is 104 Å². The topological polar surface area (TPSA) is 107 Å². The van der Waals surface area contributed by atoms with Crippen LogP contribution in [0.15, 0.2) is 12.1 Å². The maximum Gasteiger partial charge on any atom is 0.326 e. The fourth-order valence-corrected chi connectivity index (χ4v) is 2.00. The minimum absolute atomic E-state index is 0.210. The molecule has 0 bridgehead atoms. The van der Waals surface area contributed by atoms with Crippen molar-refractivity contribution >= 4 is 28.9 Å². The van der Waals surface area contributed by atoms with E-state index in [1.165, 1.54) is 6.92 Å². The minimum Gasteiger partial charge on any atom is -0.465 e. The third-order valence-electron chi connectivity index (χ3n) is 3.15. The standard InChI is InChI=1S/C12H15N3O3/c1-3-18-11(17)12(2)6-4-7(13)8(14)5-9(6)15-10(12)16/h4-5H,3,13-14H2,1-2H3,(H,15,16). The Hall–Kier alpha value is -2.24. The van der Waals surface area contributed by atoms with Crippen LogP contribution in [-0.4, -0.2) is 18.5 Å². The Bertz CT molecular complexity index is 542. The molecule has 0 radical (unpaired) electrons. The number of carbonyl (C=O) groups excluding carboxylic acids is 2. The molecule has 1 aliphatic heterocycles. The summed E-state index contributed by atoms with van der Waals surface area (Å²) in [5, 5.41) is 2.62. The van der Waals surface area contributed by atoms with Gasteiger partial charge < -0.3 is 21.5 Å². The number of fused-ring (bicyclic) bond motifs is 1. The molecule has 96 valence electrons. The summed E-state index contributed by atoms with van der Waals surface area (Å²) in [4.78, 5) is 24.0. The van der Waals surface area contributed by atoms with E-state index in [9.17, 15) is 9.59 Å². The molecule has 1 aliphatic rings. The van der Waals surface area contributed by atoms with Crippen LogP contribution in [0.3, 0.4) is 0 Å². The van der Waals surface area contributed by atoms with E-state index >= 15 is 0 Å². The molecule has 0 fully saturated rings. The second-order valence-electron chi connectivity index (χ2n) is 4.33. The summed E-state index contributed by atoms with van der Waals surface area (Å²) >= 11 is 0. The molecule has 5 N–H and O–H groups in total. The summed E-state index contributed by atoms with van der Waals surface area (Å²) in [5.74, 6) is -1.02. The summed E-state index contributed by atoms with van der Waals surface area (Å²) in [5.41, 5.74) is 11.7. The van der Waals surface area contributed by atoms with Gasteiger partial charge in [0.25, 0.3) is 0 Å². The number of nitrogens with one attached hydrogen (secondary N) is 1. The lowest BCUT2D eigenvalue weighted by Crippen LogP contribution is -2.40. The molecule has 0 aromatic heterocycles. The number of nitrogen functional groups attached to an aromatic ring is 2. The van der Waals surface area contributed by atoms with E-state index in [0.717, 1.165) is 0 Å². The molecule has 1 unspecified atom stereocenters. The smallest absolute Gasteiger partial charge is 0.326 e. The van der Waals surface area contributed by atoms with Crippen LogP contribution in [-0.2, 0) is 19.7 Å². The Kier molecular flexibility index (Phi) is 2.65. The molecule has 1 atom stereocenters. The summed E-state index contributed by atoms with van der Waals surface area (Å²) < 4.78 is 4.95. The van der Waals surface area contributed by atoms with Gasteiger partial charge in [-0.2, -0.15) is 0 Å².